The number of anilines is 1. The smallest absolute Gasteiger partial charge is 0.215 e. The summed E-state index contributed by atoms with van der Waals surface area (Å²) in [6.45, 7) is 2.56. The Morgan fingerprint density at radius 3 is 3.04 bits per heavy atom. The summed E-state index contributed by atoms with van der Waals surface area (Å²) in [4.78, 5) is 10.9. The van der Waals surface area contributed by atoms with Gasteiger partial charge in [0.25, 0.3) is 0 Å². The topological polar surface area (TPSA) is 75.4 Å². The number of hydrogen-bond donors (Lipinski definition) is 2. The van der Waals surface area contributed by atoms with Crippen LogP contribution in [0.5, 0.6) is 5.88 Å². The van der Waals surface area contributed by atoms with E-state index in [1.807, 2.05) is 53.0 Å². The SMILES string of the molecule is Cn1cc(N2CCNCC2O)c2ccc(OCc3ccccn3)nc21. The summed E-state index contributed by atoms with van der Waals surface area (Å²) >= 11 is 0. The average Bonchev–Trinajstić information content (AvgIpc) is 2.97. The standard InChI is InChI=1S/C18H21N5O2/c1-22-11-15(23-9-8-19-10-17(23)24)14-5-6-16(21-18(14)22)25-12-13-4-2-3-7-20-13/h2-7,11,17,19,24H,8-10,12H2,1H3. The van der Waals surface area contributed by atoms with Crippen LogP contribution < -0.4 is 15.0 Å². The van der Waals surface area contributed by atoms with E-state index in [0.29, 0.717) is 19.0 Å². The van der Waals surface area contributed by atoms with Gasteiger partial charge in [-0.1, -0.05) is 6.07 Å². The van der Waals surface area contributed by atoms with Crippen molar-refractivity contribution in [3.63, 3.8) is 0 Å². The second-order valence-corrected chi connectivity index (χ2v) is 6.13. The third-order valence-corrected chi connectivity index (χ3v) is 4.40. The highest BCUT2D eigenvalue weighted by Gasteiger charge is 2.23. The molecule has 0 spiro atoms. The van der Waals surface area contributed by atoms with E-state index >= 15 is 0 Å². The van der Waals surface area contributed by atoms with Crippen LogP contribution in [0.25, 0.3) is 11.0 Å². The van der Waals surface area contributed by atoms with Crippen LogP contribution in [0.4, 0.5) is 5.69 Å². The van der Waals surface area contributed by atoms with Gasteiger partial charge in [0, 0.05) is 50.5 Å². The van der Waals surface area contributed by atoms with E-state index in [9.17, 15) is 5.11 Å². The fraction of sp³-hybridized carbons (Fsp3) is 0.333. The van der Waals surface area contributed by atoms with Gasteiger partial charge in [-0.2, -0.15) is 4.98 Å². The second-order valence-electron chi connectivity index (χ2n) is 6.13. The van der Waals surface area contributed by atoms with E-state index in [-0.39, 0.29) is 0 Å². The highest BCUT2D eigenvalue weighted by Crippen LogP contribution is 2.30. The van der Waals surface area contributed by atoms with Gasteiger partial charge in [-0.15, -0.1) is 0 Å². The molecule has 7 nitrogen and oxygen atoms in total. The summed E-state index contributed by atoms with van der Waals surface area (Å²) in [7, 11) is 1.95. The number of aliphatic hydroxyl groups excluding tert-OH is 1. The molecule has 1 aliphatic heterocycles. The number of aryl methyl sites for hydroxylation is 1. The van der Waals surface area contributed by atoms with Gasteiger partial charge in [0.2, 0.25) is 5.88 Å². The van der Waals surface area contributed by atoms with Gasteiger partial charge in [0.05, 0.1) is 11.4 Å². The molecule has 2 N–H and O–H groups in total. The molecule has 4 heterocycles. The van der Waals surface area contributed by atoms with Crippen molar-refractivity contribution in [1.29, 1.82) is 0 Å². The molecule has 1 unspecified atom stereocenters. The maximum absolute atomic E-state index is 10.3. The van der Waals surface area contributed by atoms with E-state index in [4.69, 9.17) is 4.74 Å². The van der Waals surface area contributed by atoms with Crippen molar-refractivity contribution in [3.05, 3.63) is 48.4 Å². The lowest BCUT2D eigenvalue weighted by Gasteiger charge is -2.34. The molecule has 7 heteroatoms. The van der Waals surface area contributed by atoms with Crippen molar-refractivity contribution < 1.29 is 9.84 Å². The predicted octanol–water partition coefficient (Wildman–Crippen LogP) is 1.28. The normalized spacial score (nSPS) is 17.8. The van der Waals surface area contributed by atoms with Crippen molar-refractivity contribution in [2.45, 2.75) is 12.8 Å². The largest absolute Gasteiger partial charge is 0.471 e. The first kappa shape index (κ1) is 15.9. The van der Waals surface area contributed by atoms with Crippen molar-refractivity contribution >= 4 is 16.7 Å². The van der Waals surface area contributed by atoms with Gasteiger partial charge in [-0.05, 0) is 18.2 Å². The van der Waals surface area contributed by atoms with Gasteiger partial charge in [0.15, 0.2) is 0 Å². The molecule has 0 aromatic carbocycles. The Hall–Kier alpha value is -2.64. The number of hydrogen-bond acceptors (Lipinski definition) is 6. The summed E-state index contributed by atoms with van der Waals surface area (Å²) < 4.78 is 7.74. The first-order valence-corrected chi connectivity index (χ1v) is 8.36. The minimum Gasteiger partial charge on any atom is -0.471 e. The van der Waals surface area contributed by atoms with Gasteiger partial charge >= 0.3 is 0 Å². The summed E-state index contributed by atoms with van der Waals surface area (Å²) in [5, 5.41) is 14.5. The lowest BCUT2D eigenvalue weighted by atomic mass is 10.2. The number of nitrogens with zero attached hydrogens (tertiary/aromatic N) is 4. The third kappa shape index (κ3) is 3.16. The Labute approximate surface area is 145 Å². The molecule has 0 amide bonds. The maximum atomic E-state index is 10.3. The molecule has 3 aromatic rings. The van der Waals surface area contributed by atoms with Crippen molar-refractivity contribution in [3.8, 4) is 5.88 Å². The molecule has 0 saturated carbocycles. The average molecular weight is 339 g/mol. The Morgan fingerprint density at radius 2 is 2.24 bits per heavy atom. The zero-order valence-corrected chi connectivity index (χ0v) is 14.1. The number of fused-ring (bicyclic) bond motifs is 1. The highest BCUT2D eigenvalue weighted by molar-refractivity contribution is 5.91. The fourth-order valence-corrected chi connectivity index (χ4v) is 3.13. The molecule has 0 radical (unpaired) electrons. The first-order chi connectivity index (χ1) is 12.2. The number of nitrogens with one attached hydrogen (secondary N) is 1. The number of aromatic nitrogens is 3. The van der Waals surface area contributed by atoms with E-state index in [0.717, 1.165) is 35.5 Å². The zero-order chi connectivity index (χ0) is 17.2. The minimum absolute atomic E-state index is 0.382. The quantitative estimate of drug-likeness (QED) is 0.746. The molecule has 130 valence electrons. The Morgan fingerprint density at radius 1 is 1.32 bits per heavy atom. The van der Waals surface area contributed by atoms with Crippen molar-refractivity contribution in [2.24, 2.45) is 7.05 Å². The monoisotopic (exact) mass is 339 g/mol. The van der Waals surface area contributed by atoms with Gasteiger partial charge in [0.1, 0.15) is 18.5 Å². The summed E-state index contributed by atoms with van der Waals surface area (Å²) in [6.07, 6.45) is 3.23. The number of piperazine rings is 1. The highest BCUT2D eigenvalue weighted by atomic mass is 16.5. The second kappa shape index (κ2) is 6.70. The summed E-state index contributed by atoms with van der Waals surface area (Å²) in [5.74, 6) is 0.562. The predicted molar refractivity (Wildman–Crippen MR) is 95.5 cm³/mol. The Bertz CT molecular complexity index is 865. The number of β-amino-alcohol motifs (C(OH)–C–C–N with tert-alkyl or cyclic N) is 1. The Kier molecular flexibility index (Phi) is 4.25. The van der Waals surface area contributed by atoms with Gasteiger partial charge < -0.3 is 24.6 Å². The molecule has 1 atom stereocenters. The molecule has 1 aliphatic rings. The van der Waals surface area contributed by atoms with Crippen LogP contribution in [0, 0.1) is 0 Å². The van der Waals surface area contributed by atoms with Crippen molar-refractivity contribution in [2.75, 3.05) is 24.5 Å². The van der Waals surface area contributed by atoms with E-state index in [2.05, 4.69) is 15.3 Å². The van der Waals surface area contributed by atoms with E-state index in [1.54, 1.807) is 6.20 Å². The zero-order valence-electron chi connectivity index (χ0n) is 14.1. The third-order valence-electron chi connectivity index (χ3n) is 4.40. The Balaban J connectivity index is 1.60. The van der Waals surface area contributed by atoms with Crippen LogP contribution in [0.1, 0.15) is 5.69 Å². The van der Waals surface area contributed by atoms with Crippen LogP contribution >= 0.6 is 0 Å². The lowest BCUT2D eigenvalue weighted by Crippen LogP contribution is -2.51. The number of pyridine rings is 2. The van der Waals surface area contributed by atoms with Gasteiger partial charge in [-0.25, -0.2) is 0 Å². The van der Waals surface area contributed by atoms with Gasteiger partial charge in [-0.3, -0.25) is 4.98 Å². The van der Waals surface area contributed by atoms with Crippen LogP contribution in [0.3, 0.4) is 0 Å². The number of rotatable bonds is 4. The molecule has 1 saturated heterocycles. The number of ether oxygens (including phenoxy) is 1. The molecule has 4 rings (SSSR count). The van der Waals surface area contributed by atoms with E-state index < -0.39 is 6.23 Å². The molecule has 1 fully saturated rings. The first-order valence-electron chi connectivity index (χ1n) is 8.36. The minimum atomic E-state index is -0.528. The summed E-state index contributed by atoms with van der Waals surface area (Å²) in [5.41, 5.74) is 2.69. The van der Waals surface area contributed by atoms with Crippen LogP contribution in [-0.2, 0) is 13.7 Å². The fourth-order valence-electron chi connectivity index (χ4n) is 3.13. The molecule has 25 heavy (non-hydrogen) atoms. The summed E-state index contributed by atoms with van der Waals surface area (Å²) in [6, 6.07) is 9.60. The number of aliphatic hydroxyl groups is 1. The van der Waals surface area contributed by atoms with Crippen LogP contribution in [-0.4, -0.2) is 45.5 Å². The molecular weight excluding hydrogens is 318 g/mol. The molecule has 0 bridgehead atoms. The van der Waals surface area contributed by atoms with Crippen LogP contribution in [0.2, 0.25) is 0 Å². The van der Waals surface area contributed by atoms with Crippen LogP contribution in [0.15, 0.2) is 42.7 Å². The molecule has 0 aliphatic carbocycles. The maximum Gasteiger partial charge on any atom is 0.215 e. The lowest BCUT2D eigenvalue weighted by molar-refractivity contribution is 0.152. The molecular formula is C18H21N5O2. The van der Waals surface area contributed by atoms with Crippen molar-refractivity contribution in [1.82, 2.24) is 19.9 Å². The molecule has 3 aromatic heterocycles. The van der Waals surface area contributed by atoms with E-state index in [1.165, 1.54) is 0 Å².